The van der Waals surface area contributed by atoms with E-state index in [1.807, 2.05) is 0 Å². The average Bonchev–Trinajstić information content (AvgIpc) is 2.49. The molecule has 0 saturated heterocycles. The van der Waals surface area contributed by atoms with Gasteiger partial charge >= 0.3 is 0 Å². The average molecular weight is 305 g/mol. The molecule has 0 amide bonds. The SMILES string of the molecule is CCCC1(CCC)CC(SCC)CC(c2ccccc2)C1. The van der Waals surface area contributed by atoms with Crippen molar-refractivity contribution in [1.29, 1.82) is 0 Å². The number of thioether (sulfide) groups is 1. The Morgan fingerprint density at radius 1 is 1.00 bits per heavy atom. The monoisotopic (exact) mass is 304 g/mol. The van der Waals surface area contributed by atoms with Crippen LogP contribution in [-0.4, -0.2) is 11.0 Å². The maximum absolute atomic E-state index is 2.37. The molecule has 1 fully saturated rings. The highest BCUT2D eigenvalue weighted by molar-refractivity contribution is 7.99. The predicted molar refractivity (Wildman–Crippen MR) is 97.2 cm³/mol. The lowest BCUT2D eigenvalue weighted by Gasteiger charge is -2.45. The van der Waals surface area contributed by atoms with Crippen molar-refractivity contribution in [2.24, 2.45) is 5.41 Å². The molecule has 1 aromatic rings. The molecule has 0 spiro atoms. The van der Waals surface area contributed by atoms with E-state index in [4.69, 9.17) is 0 Å². The molecule has 0 nitrogen and oxygen atoms in total. The molecule has 1 aromatic carbocycles. The Kier molecular flexibility index (Phi) is 6.67. The van der Waals surface area contributed by atoms with Gasteiger partial charge in [0, 0.05) is 5.25 Å². The Hall–Kier alpha value is -0.430. The molecular weight excluding hydrogens is 272 g/mol. The Balaban J connectivity index is 2.21. The summed E-state index contributed by atoms with van der Waals surface area (Å²) in [6, 6.07) is 11.3. The molecule has 2 atom stereocenters. The van der Waals surface area contributed by atoms with E-state index in [9.17, 15) is 0 Å². The third kappa shape index (κ3) is 4.52. The summed E-state index contributed by atoms with van der Waals surface area (Å²) in [6.07, 6.45) is 9.78. The molecule has 21 heavy (non-hydrogen) atoms. The first-order chi connectivity index (χ1) is 10.2. The first-order valence-electron chi connectivity index (χ1n) is 8.89. The first kappa shape index (κ1) is 16.9. The summed E-state index contributed by atoms with van der Waals surface area (Å²) in [5.74, 6) is 2.04. The van der Waals surface area contributed by atoms with Crippen molar-refractivity contribution in [3.63, 3.8) is 0 Å². The van der Waals surface area contributed by atoms with Crippen LogP contribution in [0.15, 0.2) is 30.3 Å². The zero-order valence-electron chi connectivity index (χ0n) is 14.1. The van der Waals surface area contributed by atoms with E-state index in [1.54, 1.807) is 5.56 Å². The Morgan fingerprint density at radius 2 is 1.67 bits per heavy atom. The molecule has 2 unspecified atom stereocenters. The van der Waals surface area contributed by atoms with Gasteiger partial charge in [-0.05, 0) is 54.8 Å². The summed E-state index contributed by atoms with van der Waals surface area (Å²) in [5, 5.41) is 0.868. The van der Waals surface area contributed by atoms with Gasteiger partial charge in [-0.2, -0.15) is 11.8 Å². The molecular formula is C20H32S. The van der Waals surface area contributed by atoms with Crippen molar-refractivity contribution >= 4 is 11.8 Å². The molecule has 1 heteroatoms. The standard InChI is InChI=1S/C20H32S/c1-4-12-20(13-5-2)15-18(14-19(16-20)21-6-3)17-10-8-7-9-11-17/h7-11,18-19H,4-6,12-16H2,1-3H3. The van der Waals surface area contributed by atoms with E-state index in [-0.39, 0.29) is 0 Å². The molecule has 0 radical (unpaired) electrons. The van der Waals surface area contributed by atoms with Crippen LogP contribution in [0.1, 0.15) is 77.2 Å². The zero-order chi connectivity index (χ0) is 15.1. The van der Waals surface area contributed by atoms with E-state index < -0.39 is 0 Å². The van der Waals surface area contributed by atoms with Crippen LogP contribution in [0.5, 0.6) is 0 Å². The van der Waals surface area contributed by atoms with Crippen LogP contribution in [-0.2, 0) is 0 Å². The number of benzene rings is 1. The van der Waals surface area contributed by atoms with Gasteiger partial charge in [-0.15, -0.1) is 0 Å². The molecule has 0 heterocycles. The van der Waals surface area contributed by atoms with Crippen LogP contribution in [0.3, 0.4) is 0 Å². The van der Waals surface area contributed by atoms with Gasteiger partial charge in [-0.1, -0.05) is 63.9 Å². The Bertz CT molecular complexity index is 392. The van der Waals surface area contributed by atoms with Gasteiger partial charge in [0.25, 0.3) is 0 Å². The second-order valence-corrected chi connectivity index (χ2v) is 8.41. The summed E-state index contributed by atoms with van der Waals surface area (Å²) < 4.78 is 0. The van der Waals surface area contributed by atoms with Gasteiger partial charge in [0.1, 0.15) is 0 Å². The smallest absolute Gasteiger partial charge is 0.00580 e. The van der Waals surface area contributed by atoms with Crippen LogP contribution < -0.4 is 0 Å². The number of hydrogen-bond acceptors (Lipinski definition) is 1. The van der Waals surface area contributed by atoms with Crippen molar-refractivity contribution in [2.45, 2.75) is 76.9 Å². The van der Waals surface area contributed by atoms with Crippen molar-refractivity contribution in [3.8, 4) is 0 Å². The highest BCUT2D eigenvalue weighted by atomic mass is 32.2. The third-order valence-corrected chi connectivity index (χ3v) is 6.29. The lowest BCUT2D eigenvalue weighted by atomic mass is 9.63. The van der Waals surface area contributed by atoms with E-state index in [0.717, 1.165) is 11.2 Å². The van der Waals surface area contributed by atoms with Gasteiger partial charge in [0.05, 0.1) is 0 Å². The van der Waals surface area contributed by atoms with Crippen molar-refractivity contribution in [3.05, 3.63) is 35.9 Å². The van der Waals surface area contributed by atoms with Crippen molar-refractivity contribution in [2.75, 3.05) is 5.75 Å². The van der Waals surface area contributed by atoms with Gasteiger partial charge in [-0.25, -0.2) is 0 Å². The van der Waals surface area contributed by atoms with E-state index in [2.05, 4.69) is 62.9 Å². The van der Waals surface area contributed by atoms with Crippen molar-refractivity contribution in [1.82, 2.24) is 0 Å². The van der Waals surface area contributed by atoms with Gasteiger partial charge in [-0.3, -0.25) is 0 Å². The number of rotatable bonds is 7. The van der Waals surface area contributed by atoms with Crippen LogP contribution >= 0.6 is 11.8 Å². The zero-order valence-corrected chi connectivity index (χ0v) is 14.9. The lowest BCUT2D eigenvalue weighted by molar-refractivity contribution is 0.142. The fourth-order valence-electron chi connectivity index (χ4n) is 4.51. The molecule has 1 saturated carbocycles. The fourth-order valence-corrected chi connectivity index (χ4v) is 5.82. The molecule has 0 bridgehead atoms. The molecule has 1 aliphatic rings. The minimum absolute atomic E-state index is 0.606. The minimum atomic E-state index is 0.606. The summed E-state index contributed by atoms with van der Waals surface area (Å²) in [6.45, 7) is 7.05. The quantitative estimate of drug-likeness (QED) is 0.542. The fraction of sp³-hybridized carbons (Fsp3) is 0.700. The Morgan fingerprint density at radius 3 is 2.24 bits per heavy atom. The molecule has 118 valence electrons. The van der Waals surface area contributed by atoms with Crippen LogP contribution in [0.2, 0.25) is 0 Å². The third-order valence-electron chi connectivity index (χ3n) is 5.12. The maximum Gasteiger partial charge on any atom is 0.00580 e. The van der Waals surface area contributed by atoms with Gasteiger partial charge in [0.2, 0.25) is 0 Å². The second kappa shape index (κ2) is 8.27. The van der Waals surface area contributed by atoms with E-state index >= 15 is 0 Å². The van der Waals surface area contributed by atoms with E-state index in [0.29, 0.717) is 5.41 Å². The van der Waals surface area contributed by atoms with E-state index in [1.165, 1.54) is 50.7 Å². The molecule has 1 aliphatic carbocycles. The molecule has 0 N–H and O–H groups in total. The topological polar surface area (TPSA) is 0 Å². The first-order valence-corrected chi connectivity index (χ1v) is 9.94. The number of hydrogen-bond donors (Lipinski definition) is 0. The normalized spacial score (nSPS) is 24.9. The van der Waals surface area contributed by atoms with Gasteiger partial charge in [0.15, 0.2) is 0 Å². The van der Waals surface area contributed by atoms with Crippen LogP contribution in [0.25, 0.3) is 0 Å². The Labute approximate surface area is 136 Å². The summed E-state index contributed by atoms with van der Waals surface area (Å²) in [4.78, 5) is 0. The minimum Gasteiger partial charge on any atom is -0.159 e. The lowest BCUT2D eigenvalue weighted by Crippen LogP contribution is -2.34. The molecule has 2 rings (SSSR count). The summed E-state index contributed by atoms with van der Waals surface area (Å²) in [7, 11) is 0. The largest absolute Gasteiger partial charge is 0.159 e. The second-order valence-electron chi connectivity index (χ2n) is 6.83. The molecule has 0 aromatic heterocycles. The highest BCUT2D eigenvalue weighted by Crippen LogP contribution is 2.52. The highest BCUT2D eigenvalue weighted by Gasteiger charge is 2.39. The summed E-state index contributed by atoms with van der Waals surface area (Å²) >= 11 is 2.20. The van der Waals surface area contributed by atoms with Crippen LogP contribution in [0.4, 0.5) is 0 Å². The predicted octanol–water partition coefficient (Wildman–Crippen LogP) is 6.66. The maximum atomic E-state index is 2.37. The van der Waals surface area contributed by atoms with Crippen LogP contribution in [0, 0.1) is 5.41 Å². The van der Waals surface area contributed by atoms with Crippen molar-refractivity contribution < 1.29 is 0 Å². The van der Waals surface area contributed by atoms with Gasteiger partial charge < -0.3 is 0 Å². The molecule has 0 aliphatic heterocycles. The summed E-state index contributed by atoms with van der Waals surface area (Å²) in [5.41, 5.74) is 2.19.